The van der Waals surface area contributed by atoms with Crippen LogP contribution in [0.3, 0.4) is 0 Å². The lowest BCUT2D eigenvalue weighted by atomic mass is 10.1. The molecule has 0 bridgehead atoms. The van der Waals surface area contributed by atoms with Crippen molar-refractivity contribution < 1.29 is 4.79 Å². The molecule has 158 valence electrons. The minimum absolute atomic E-state index is 0.0144. The van der Waals surface area contributed by atoms with E-state index >= 15 is 0 Å². The van der Waals surface area contributed by atoms with Crippen molar-refractivity contribution in [1.29, 1.82) is 0 Å². The predicted octanol–water partition coefficient (Wildman–Crippen LogP) is 4.81. The fourth-order valence-electron chi connectivity index (χ4n) is 3.97. The number of carbonyl (C=O) groups excluding carboxylic acids is 1. The Balaban J connectivity index is 1.16. The number of nitrogens with zero attached hydrogens (tertiary/aromatic N) is 2. The molecule has 7 heteroatoms. The van der Waals surface area contributed by atoms with Crippen LogP contribution >= 0.6 is 23.2 Å². The number of carbonyl (C=O) groups is 1. The van der Waals surface area contributed by atoms with Gasteiger partial charge in [0.15, 0.2) is 0 Å². The number of para-hydroxylation sites is 1. The molecule has 1 aliphatic rings. The summed E-state index contributed by atoms with van der Waals surface area (Å²) in [5.74, 6) is -0.0144. The number of aromatic nitrogens is 1. The monoisotopic (exact) mass is 444 g/mol. The quantitative estimate of drug-likeness (QED) is 0.514. The molecule has 1 aliphatic heterocycles. The highest BCUT2D eigenvalue weighted by Gasteiger charge is 2.19. The van der Waals surface area contributed by atoms with Gasteiger partial charge >= 0.3 is 0 Å². The summed E-state index contributed by atoms with van der Waals surface area (Å²) < 4.78 is 0. The number of H-pyrrole nitrogens is 1. The minimum atomic E-state index is -0.0144. The summed E-state index contributed by atoms with van der Waals surface area (Å²) in [6, 6.07) is 13.7. The molecule has 2 N–H and O–H groups in total. The van der Waals surface area contributed by atoms with Crippen molar-refractivity contribution in [2.75, 3.05) is 44.2 Å². The Labute approximate surface area is 186 Å². The average Bonchev–Trinajstić information content (AvgIpc) is 3.20. The van der Waals surface area contributed by atoms with Gasteiger partial charge in [-0.15, -0.1) is 0 Å². The molecule has 1 fully saturated rings. The zero-order chi connectivity index (χ0) is 20.9. The number of aromatic amines is 1. The van der Waals surface area contributed by atoms with Gasteiger partial charge in [0.2, 0.25) is 0 Å². The second kappa shape index (κ2) is 9.73. The first kappa shape index (κ1) is 21.0. The Kier molecular flexibility index (Phi) is 6.82. The molecule has 1 amide bonds. The Bertz CT molecular complexity index is 1010. The maximum Gasteiger partial charge on any atom is 0.253 e. The fourth-order valence-corrected chi connectivity index (χ4v) is 4.38. The second-order valence-electron chi connectivity index (χ2n) is 7.61. The van der Waals surface area contributed by atoms with Crippen LogP contribution in [0, 0.1) is 0 Å². The summed E-state index contributed by atoms with van der Waals surface area (Å²) in [5, 5.41) is 5.25. The first-order valence-corrected chi connectivity index (χ1v) is 11.1. The molecule has 4 rings (SSSR count). The third kappa shape index (κ3) is 4.75. The van der Waals surface area contributed by atoms with E-state index in [0.29, 0.717) is 22.2 Å². The van der Waals surface area contributed by atoms with Gasteiger partial charge in [-0.1, -0.05) is 47.5 Å². The maximum absolute atomic E-state index is 12.4. The van der Waals surface area contributed by atoms with E-state index in [1.54, 1.807) is 6.20 Å². The molecule has 30 heavy (non-hydrogen) atoms. The first-order valence-electron chi connectivity index (χ1n) is 10.4. The minimum Gasteiger partial charge on any atom is -0.368 e. The van der Waals surface area contributed by atoms with Crippen LogP contribution in [0.25, 0.3) is 10.9 Å². The molecule has 0 aliphatic carbocycles. The predicted molar refractivity (Wildman–Crippen MR) is 125 cm³/mol. The highest BCUT2D eigenvalue weighted by Crippen LogP contribution is 2.32. The Morgan fingerprint density at radius 1 is 1.00 bits per heavy atom. The number of unbranched alkanes of at least 4 members (excludes halogenated alkanes) is 1. The third-order valence-electron chi connectivity index (χ3n) is 5.66. The summed E-state index contributed by atoms with van der Waals surface area (Å²) in [5.41, 5.74) is 2.71. The van der Waals surface area contributed by atoms with Crippen molar-refractivity contribution >= 4 is 45.7 Å². The number of fused-ring (bicyclic) bond motifs is 1. The lowest BCUT2D eigenvalue weighted by Gasteiger charge is -2.36. The van der Waals surface area contributed by atoms with Crippen LogP contribution in [-0.4, -0.2) is 55.1 Å². The number of amides is 1. The van der Waals surface area contributed by atoms with Gasteiger partial charge in [0.25, 0.3) is 5.91 Å². The molecule has 1 aromatic heterocycles. The molecule has 1 saturated heterocycles. The van der Waals surface area contributed by atoms with Crippen LogP contribution in [0.5, 0.6) is 0 Å². The number of piperazine rings is 1. The van der Waals surface area contributed by atoms with E-state index in [2.05, 4.69) is 20.1 Å². The van der Waals surface area contributed by atoms with E-state index in [4.69, 9.17) is 23.2 Å². The van der Waals surface area contributed by atoms with Crippen molar-refractivity contribution in [2.45, 2.75) is 12.8 Å². The lowest BCUT2D eigenvalue weighted by molar-refractivity contribution is 0.0954. The molecule has 2 aromatic carbocycles. The SMILES string of the molecule is O=C(NCCCCN1CCN(c2cccc(Cl)c2Cl)CC1)c1c[nH]c2ccccc12. The zero-order valence-electron chi connectivity index (χ0n) is 16.8. The molecule has 0 spiro atoms. The Hall–Kier alpha value is -2.21. The van der Waals surface area contributed by atoms with Gasteiger partial charge in [0, 0.05) is 49.8 Å². The summed E-state index contributed by atoms with van der Waals surface area (Å²) in [4.78, 5) is 20.4. The molecule has 3 aromatic rings. The molecule has 0 atom stereocenters. The van der Waals surface area contributed by atoms with E-state index in [1.807, 2.05) is 42.5 Å². The summed E-state index contributed by atoms with van der Waals surface area (Å²) >= 11 is 12.5. The zero-order valence-corrected chi connectivity index (χ0v) is 18.3. The van der Waals surface area contributed by atoms with E-state index < -0.39 is 0 Å². The van der Waals surface area contributed by atoms with Gasteiger partial charge in [-0.3, -0.25) is 9.69 Å². The van der Waals surface area contributed by atoms with Gasteiger partial charge < -0.3 is 15.2 Å². The summed E-state index contributed by atoms with van der Waals surface area (Å²) in [6.07, 6.45) is 3.81. The van der Waals surface area contributed by atoms with Crippen LogP contribution in [0.1, 0.15) is 23.2 Å². The van der Waals surface area contributed by atoms with Crippen LogP contribution in [0.4, 0.5) is 5.69 Å². The number of rotatable bonds is 7. The van der Waals surface area contributed by atoms with E-state index in [0.717, 1.165) is 62.2 Å². The fraction of sp³-hybridized carbons (Fsp3) is 0.348. The third-order valence-corrected chi connectivity index (χ3v) is 6.47. The second-order valence-corrected chi connectivity index (χ2v) is 8.40. The highest BCUT2D eigenvalue weighted by atomic mass is 35.5. The molecule has 5 nitrogen and oxygen atoms in total. The summed E-state index contributed by atoms with van der Waals surface area (Å²) in [7, 11) is 0. The smallest absolute Gasteiger partial charge is 0.253 e. The van der Waals surface area contributed by atoms with Crippen LogP contribution < -0.4 is 10.2 Å². The van der Waals surface area contributed by atoms with Crippen molar-refractivity contribution in [3.05, 3.63) is 64.3 Å². The van der Waals surface area contributed by atoms with Crippen molar-refractivity contribution in [3.8, 4) is 0 Å². The molecule has 2 heterocycles. The van der Waals surface area contributed by atoms with Gasteiger partial charge in [0.05, 0.1) is 21.3 Å². The molecular formula is C23H26Cl2N4O. The Morgan fingerprint density at radius 3 is 2.63 bits per heavy atom. The van der Waals surface area contributed by atoms with Crippen molar-refractivity contribution in [2.24, 2.45) is 0 Å². The number of hydrogen-bond donors (Lipinski definition) is 2. The van der Waals surface area contributed by atoms with Crippen LogP contribution in [0.15, 0.2) is 48.7 Å². The Morgan fingerprint density at radius 2 is 1.80 bits per heavy atom. The van der Waals surface area contributed by atoms with Crippen molar-refractivity contribution in [3.63, 3.8) is 0 Å². The number of anilines is 1. The number of halogens is 2. The maximum atomic E-state index is 12.4. The number of benzene rings is 2. The normalized spacial score (nSPS) is 14.9. The topological polar surface area (TPSA) is 51.4 Å². The van der Waals surface area contributed by atoms with E-state index in [1.165, 1.54) is 0 Å². The van der Waals surface area contributed by atoms with Crippen LogP contribution in [0.2, 0.25) is 10.0 Å². The number of nitrogens with one attached hydrogen (secondary N) is 2. The van der Waals surface area contributed by atoms with Gasteiger partial charge in [-0.25, -0.2) is 0 Å². The lowest BCUT2D eigenvalue weighted by Crippen LogP contribution is -2.46. The number of hydrogen-bond acceptors (Lipinski definition) is 3. The average molecular weight is 445 g/mol. The summed E-state index contributed by atoms with van der Waals surface area (Å²) in [6.45, 7) is 5.63. The van der Waals surface area contributed by atoms with Crippen LogP contribution in [-0.2, 0) is 0 Å². The standard InChI is InChI=1S/C23H26Cl2N4O/c24-19-7-5-9-21(22(19)25)29-14-12-28(13-15-29)11-4-3-10-26-23(30)18-16-27-20-8-2-1-6-17(18)20/h1-2,5-9,16,27H,3-4,10-15H2,(H,26,30). The largest absolute Gasteiger partial charge is 0.368 e. The van der Waals surface area contributed by atoms with E-state index in [-0.39, 0.29) is 5.91 Å². The van der Waals surface area contributed by atoms with E-state index in [9.17, 15) is 4.79 Å². The molecule has 0 unspecified atom stereocenters. The van der Waals surface area contributed by atoms with Gasteiger partial charge in [-0.05, 0) is 37.6 Å². The van der Waals surface area contributed by atoms with Gasteiger partial charge in [-0.2, -0.15) is 0 Å². The molecule has 0 radical (unpaired) electrons. The van der Waals surface area contributed by atoms with Gasteiger partial charge in [0.1, 0.15) is 0 Å². The highest BCUT2D eigenvalue weighted by molar-refractivity contribution is 6.43. The molecular weight excluding hydrogens is 419 g/mol. The first-order chi connectivity index (χ1) is 14.6. The molecule has 0 saturated carbocycles. The van der Waals surface area contributed by atoms with Crippen molar-refractivity contribution in [1.82, 2.24) is 15.2 Å².